The Hall–Kier alpha value is -2.95. The number of ether oxygens (including phenoxy) is 1. The molecule has 0 aliphatic carbocycles. The Morgan fingerprint density at radius 2 is 1.80 bits per heavy atom. The molecule has 3 fully saturated rings. The van der Waals surface area contributed by atoms with Crippen molar-refractivity contribution in [2.24, 2.45) is 11.8 Å². The lowest BCUT2D eigenvalue weighted by molar-refractivity contribution is -0.143. The number of alkyl halides is 1. The highest BCUT2D eigenvalue weighted by atomic mass is 79.9. The Morgan fingerprint density at radius 1 is 1.12 bits per heavy atom. The Morgan fingerprint density at radius 3 is 2.42 bits per heavy atom. The van der Waals surface area contributed by atoms with E-state index in [1.165, 1.54) is 4.90 Å². The molecule has 2 aromatic carbocycles. The van der Waals surface area contributed by atoms with Crippen LogP contribution in [0.2, 0.25) is 0 Å². The summed E-state index contributed by atoms with van der Waals surface area (Å²) in [6, 6.07) is 15.5. The molecule has 3 aliphatic rings. The molecular weight excluding hydrogens is 576 g/mol. The number of aliphatic hydroxyl groups is 1. The quantitative estimate of drug-likeness (QED) is 0.356. The average molecular weight is 614 g/mol. The number of nitrogens with one attached hydrogen (secondary N) is 2. The van der Waals surface area contributed by atoms with E-state index in [1.54, 1.807) is 6.92 Å². The maximum absolute atomic E-state index is 14.0. The lowest BCUT2D eigenvalue weighted by Crippen LogP contribution is -2.56. The molecule has 3 N–H and O–H groups in total. The van der Waals surface area contributed by atoms with E-state index >= 15 is 0 Å². The van der Waals surface area contributed by atoms with Gasteiger partial charge in [0.2, 0.25) is 17.7 Å². The molecule has 0 aromatic heterocycles. The van der Waals surface area contributed by atoms with Gasteiger partial charge in [-0.3, -0.25) is 14.4 Å². The number of anilines is 2. The summed E-state index contributed by atoms with van der Waals surface area (Å²) in [6.45, 7) is 7.64. The third-order valence-electron chi connectivity index (χ3n) is 8.59. The first-order valence-corrected chi connectivity index (χ1v) is 14.9. The van der Waals surface area contributed by atoms with Gasteiger partial charge < -0.3 is 30.3 Å². The molecule has 3 unspecified atom stereocenters. The molecule has 3 amide bonds. The SMILES string of the molecule is CCN(CC)c1ccc(NC(=O)C2N([C@H](C)CO)C(=O)[C@@H]3[C@H](C(=O)NCc4ccccc4)[C@H]4OC23CC4Br)cc1. The largest absolute Gasteiger partial charge is 0.394 e. The van der Waals surface area contributed by atoms with Crippen LogP contribution in [-0.2, 0) is 25.7 Å². The second-order valence-electron chi connectivity index (χ2n) is 10.9. The second kappa shape index (κ2) is 11.5. The minimum atomic E-state index is -1.18. The maximum Gasteiger partial charge on any atom is 0.250 e. The normalized spacial score (nSPS) is 29.3. The van der Waals surface area contributed by atoms with E-state index in [0.29, 0.717) is 18.7 Å². The minimum Gasteiger partial charge on any atom is -0.394 e. The van der Waals surface area contributed by atoms with Gasteiger partial charge in [0, 0.05) is 35.8 Å². The van der Waals surface area contributed by atoms with Crippen LogP contribution in [0.1, 0.15) is 32.8 Å². The number of amides is 3. The number of carbonyl (C=O) groups is 3. The molecular formula is C30H37BrN4O5. The number of fused-ring (bicyclic) bond motifs is 1. The summed E-state index contributed by atoms with van der Waals surface area (Å²) < 4.78 is 6.51. The van der Waals surface area contributed by atoms with Gasteiger partial charge in [-0.1, -0.05) is 46.3 Å². The van der Waals surface area contributed by atoms with Crippen LogP contribution in [0.5, 0.6) is 0 Å². The van der Waals surface area contributed by atoms with Gasteiger partial charge >= 0.3 is 0 Å². The predicted octanol–water partition coefficient (Wildman–Crippen LogP) is 2.92. The van der Waals surface area contributed by atoms with E-state index in [2.05, 4.69) is 45.3 Å². The zero-order valence-corrected chi connectivity index (χ0v) is 24.6. The van der Waals surface area contributed by atoms with Crippen LogP contribution in [0, 0.1) is 11.8 Å². The molecule has 2 aromatic rings. The Balaban J connectivity index is 1.42. The molecule has 7 atom stereocenters. The van der Waals surface area contributed by atoms with Crippen molar-refractivity contribution in [3.05, 3.63) is 60.2 Å². The molecule has 2 bridgehead atoms. The zero-order chi connectivity index (χ0) is 28.6. The van der Waals surface area contributed by atoms with Crippen LogP contribution < -0.4 is 15.5 Å². The maximum atomic E-state index is 14.0. The average Bonchev–Trinajstić information content (AvgIpc) is 3.56. The lowest BCUT2D eigenvalue weighted by Gasteiger charge is -2.35. The molecule has 0 radical (unpaired) electrons. The number of halogens is 1. The zero-order valence-electron chi connectivity index (χ0n) is 23.0. The third-order valence-corrected chi connectivity index (χ3v) is 9.44. The van der Waals surface area contributed by atoms with Gasteiger partial charge in [0.25, 0.3) is 0 Å². The molecule has 5 rings (SSSR count). The molecule has 0 saturated carbocycles. The van der Waals surface area contributed by atoms with E-state index in [1.807, 2.05) is 54.6 Å². The molecule has 3 aliphatic heterocycles. The van der Waals surface area contributed by atoms with Gasteiger partial charge in [0.1, 0.15) is 11.6 Å². The predicted molar refractivity (Wildman–Crippen MR) is 156 cm³/mol. The first-order valence-electron chi connectivity index (χ1n) is 14.0. The summed E-state index contributed by atoms with van der Waals surface area (Å²) >= 11 is 3.68. The molecule has 1 spiro atoms. The van der Waals surface area contributed by atoms with Crippen LogP contribution in [-0.4, -0.2) is 76.0 Å². The van der Waals surface area contributed by atoms with Gasteiger partial charge in [-0.05, 0) is 57.0 Å². The molecule has 3 saturated heterocycles. The number of carbonyl (C=O) groups excluding carboxylic acids is 3. The van der Waals surface area contributed by atoms with E-state index < -0.39 is 41.5 Å². The van der Waals surface area contributed by atoms with Crippen molar-refractivity contribution in [2.75, 3.05) is 29.9 Å². The number of rotatable bonds is 10. The first kappa shape index (κ1) is 28.6. The summed E-state index contributed by atoms with van der Waals surface area (Å²) in [5.74, 6) is -2.58. The summed E-state index contributed by atoms with van der Waals surface area (Å²) in [7, 11) is 0. The number of benzene rings is 2. The molecule has 40 heavy (non-hydrogen) atoms. The molecule has 9 nitrogen and oxygen atoms in total. The summed E-state index contributed by atoms with van der Waals surface area (Å²) in [5.41, 5.74) is 1.42. The van der Waals surface area contributed by atoms with Crippen LogP contribution >= 0.6 is 15.9 Å². The highest BCUT2D eigenvalue weighted by Crippen LogP contribution is 2.60. The Labute approximate surface area is 243 Å². The fourth-order valence-corrected chi connectivity index (χ4v) is 7.63. The number of aliphatic hydroxyl groups excluding tert-OH is 1. The van der Waals surface area contributed by atoms with Gasteiger partial charge in [0.05, 0.1) is 30.6 Å². The van der Waals surface area contributed by atoms with Gasteiger partial charge in [-0.2, -0.15) is 0 Å². The fraction of sp³-hybridized carbons (Fsp3) is 0.500. The van der Waals surface area contributed by atoms with E-state index in [-0.39, 0.29) is 23.2 Å². The number of likely N-dealkylation sites (tertiary alicyclic amines) is 1. The number of nitrogens with zero attached hydrogens (tertiary/aromatic N) is 2. The van der Waals surface area contributed by atoms with Crippen LogP contribution in [0.15, 0.2) is 54.6 Å². The minimum absolute atomic E-state index is 0.197. The summed E-state index contributed by atoms with van der Waals surface area (Å²) in [5, 5.41) is 16.0. The fourth-order valence-electron chi connectivity index (χ4n) is 6.69. The third kappa shape index (κ3) is 4.80. The van der Waals surface area contributed by atoms with Gasteiger partial charge in [-0.15, -0.1) is 0 Å². The van der Waals surface area contributed by atoms with Gasteiger partial charge in [-0.25, -0.2) is 0 Å². The smallest absolute Gasteiger partial charge is 0.250 e. The van der Waals surface area contributed by atoms with Crippen molar-refractivity contribution in [1.82, 2.24) is 10.2 Å². The van der Waals surface area contributed by atoms with E-state index in [4.69, 9.17) is 4.74 Å². The van der Waals surface area contributed by atoms with Crippen molar-refractivity contribution in [3.63, 3.8) is 0 Å². The van der Waals surface area contributed by atoms with Crippen molar-refractivity contribution in [2.45, 2.75) is 62.4 Å². The topological polar surface area (TPSA) is 111 Å². The Kier molecular flexibility index (Phi) is 8.22. The lowest BCUT2D eigenvalue weighted by atomic mass is 9.70. The highest BCUT2D eigenvalue weighted by molar-refractivity contribution is 9.09. The van der Waals surface area contributed by atoms with Crippen molar-refractivity contribution in [1.29, 1.82) is 0 Å². The summed E-state index contributed by atoms with van der Waals surface area (Å²) in [6.07, 6.45) is -0.135. The van der Waals surface area contributed by atoms with Crippen molar-refractivity contribution < 1.29 is 24.2 Å². The monoisotopic (exact) mass is 612 g/mol. The van der Waals surface area contributed by atoms with Crippen LogP contribution in [0.3, 0.4) is 0 Å². The number of hydrogen-bond acceptors (Lipinski definition) is 6. The standard InChI is InChI=1S/C30H37BrN4O5/c1-4-34(5-2)21-13-11-20(12-14-21)33-28(38)26-30-15-22(31)25(40-30)23(24(30)29(39)35(26)18(3)17-36)27(37)32-16-19-9-7-6-8-10-19/h6-14,18,22-26,36H,4-5,15-17H2,1-3H3,(H,32,37)(H,33,38)/t18-,22?,23+,24+,25+,26?,30?/m1/s1. The molecule has 3 heterocycles. The van der Waals surface area contributed by atoms with Crippen molar-refractivity contribution in [3.8, 4) is 0 Å². The molecule has 214 valence electrons. The highest BCUT2D eigenvalue weighted by Gasteiger charge is 2.76. The van der Waals surface area contributed by atoms with Crippen LogP contribution in [0.25, 0.3) is 0 Å². The second-order valence-corrected chi connectivity index (χ2v) is 12.0. The van der Waals surface area contributed by atoms with Crippen molar-refractivity contribution >= 4 is 45.0 Å². The Bertz CT molecular complexity index is 1240. The molecule has 10 heteroatoms. The summed E-state index contributed by atoms with van der Waals surface area (Å²) in [4.78, 5) is 44.9. The number of hydrogen-bond donors (Lipinski definition) is 3. The van der Waals surface area contributed by atoms with Crippen LogP contribution in [0.4, 0.5) is 11.4 Å². The van der Waals surface area contributed by atoms with E-state index in [0.717, 1.165) is 24.3 Å². The van der Waals surface area contributed by atoms with Gasteiger partial charge in [0.15, 0.2) is 0 Å². The first-order chi connectivity index (χ1) is 19.2. The van der Waals surface area contributed by atoms with E-state index in [9.17, 15) is 19.5 Å².